The van der Waals surface area contributed by atoms with Gasteiger partial charge in [-0.05, 0) is 26.0 Å². The first-order valence-corrected chi connectivity index (χ1v) is 10.2. The molecule has 0 spiro atoms. The van der Waals surface area contributed by atoms with Crippen molar-refractivity contribution >= 4 is 17.3 Å². The fourth-order valence-electron chi connectivity index (χ4n) is 3.08. The van der Waals surface area contributed by atoms with Crippen LogP contribution in [0.1, 0.15) is 29.7 Å². The Balaban J connectivity index is 1.50. The molecule has 140 valence electrons. The van der Waals surface area contributed by atoms with Crippen LogP contribution in [0.2, 0.25) is 0 Å². The molecule has 2 aromatic rings. The number of ether oxygens (including phenoxy) is 1. The van der Waals surface area contributed by atoms with Crippen LogP contribution in [0, 0.1) is 6.92 Å². The Morgan fingerprint density at radius 1 is 1.31 bits per heavy atom. The SMILES string of the molecule is CCNC(=NCCc1ncc(C)s1)N1CCC(Oc2ccccc2)CC1. The lowest BCUT2D eigenvalue weighted by molar-refractivity contribution is 0.129. The number of aliphatic imine (C=N–C) groups is 1. The summed E-state index contributed by atoms with van der Waals surface area (Å²) in [6.45, 7) is 7.81. The maximum absolute atomic E-state index is 6.09. The number of nitrogens with zero attached hydrogens (tertiary/aromatic N) is 3. The highest BCUT2D eigenvalue weighted by Crippen LogP contribution is 2.19. The summed E-state index contributed by atoms with van der Waals surface area (Å²) in [4.78, 5) is 12.8. The first-order chi connectivity index (χ1) is 12.7. The van der Waals surface area contributed by atoms with E-state index in [9.17, 15) is 0 Å². The minimum Gasteiger partial charge on any atom is -0.490 e. The molecular formula is C20H28N4OS. The third-order valence-corrected chi connectivity index (χ3v) is 5.35. The van der Waals surface area contributed by atoms with Crippen LogP contribution in [0.25, 0.3) is 0 Å². The summed E-state index contributed by atoms with van der Waals surface area (Å²) in [6.07, 6.45) is 5.17. The van der Waals surface area contributed by atoms with Crippen molar-refractivity contribution in [3.05, 3.63) is 46.4 Å². The molecule has 0 unspecified atom stereocenters. The first-order valence-electron chi connectivity index (χ1n) is 9.41. The molecule has 1 fully saturated rings. The summed E-state index contributed by atoms with van der Waals surface area (Å²) in [5, 5.41) is 4.59. The molecule has 3 rings (SSSR count). The van der Waals surface area contributed by atoms with Gasteiger partial charge in [0.25, 0.3) is 0 Å². The third-order valence-electron chi connectivity index (χ3n) is 4.38. The van der Waals surface area contributed by atoms with Crippen LogP contribution in [0.15, 0.2) is 41.5 Å². The molecule has 6 heteroatoms. The van der Waals surface area contributed by atoms with Crippen molar-refractivity contribution in [2.75, 3.05) is 26.2 Å². The number of nitrogens with one attached hydrogen (secondary N) is 1. The number of rotatable bonds is 6. The Bertz CT molecular complexity index is 693. The van der Waals surface area contributed by atoms with Gasteiger partial charge in [-0.25, -0.2) is 4.98 Å². The van der Waals surface area contributed by atoms with Crippen molar-refractivity contribution in [2.24, 2.45) is 4.99 Å². The maximum Gasteiger partial charge on any atom is 0.193 e. The fourth-order valence-corrected chi connectivity index (χ4v) is 3.85. The van der Waals surface area contributed by atoms with Crippen LogP contribution < -0.4 is 10.1 Å². The summed E-state index contributed by atoms with van der Waals surface area (Å²) in [5.74, 6) is 1.98. The van der Waals surface area contributed by atoms with Crippen LogP contribution in [-0.2, 0) is 6.42 Å². The van der Waals surface area contributed by atoms with E-state index < -0.39 is 0 Å². The summed E-state index contributed by atoms with van der Waals surface area (Å²) in [5.41, 5.74) is 0. The predicted octanol–water partition coefficient (Wildman–Crippen LogP) is 3.50. The molecule has 2 heterocycles. The van der Waals surface area contributed by atoms with Gasteiger partial charge in [-0.2, -0.15) is 0 Å². The number of aromatic nitrogens is 1. The zero-order valence-corrected chi connectivity index (χ0v) is 16.5. The molecule has 5 nitrogen and oxygen atoms in total. The summed E-state index contributed by atoms with van der Waals surface area (Å²) in [7, 11) is 0. The van der Waals surface area contributed by atoms with Gasteiger partial charge in [0.2, 0.25) is 0 Å². The van der Waals surface area contributed by atoms with E-state index in [1.54, 1.807) is 11.3 Å². The normalized spacial score (nSPS) is 15.9. The van der Waals surface area contributed by atoms with E-state index in [4.69, 9.17) is 9.73 Å². The minimum absolute atomic E-state index is 0.287. The second-order valence-corrected chi connectivity index (χ2v) is 7.79. The number of hydrogen-bond acceptors (Lipinski definition) is 4. The average molecular weight is 373 g/mol. The molecule has 1 saturated heterocycles. The maximum atomic E-state index is 6.09. The lowest BCUT2D eigenvalue weighted by Crippen LogP contribution is -2.47. The smallest absolute Gasteiger partial charge is 0.193 e. The highest BCUT2D eigenvalue weighted by Gasteiger charge is 2.22. The van der Waals surface area contributed by atoms with Crippen LogP contribution in [0.3, 0.4) is 0 Å². The third kappa shape index (κ3) is 5.46. The zero-order valence-electron chi connectivity index (χ0n) is 15.6. The number of aryl methyl sites for hydroxylation is 1. The molecule has 0 atom stereocenters. The Morgan fingerprint density at radius 2 is 2.08 bits per heavy atom. The van der Waals surface area contributed by atoms with Crippen molar-refractivity contribution in [1.82, 2.24) is 15.2 Å². The summed E-state index contributed by atoms with van der Waals surface area (Å²) < 4.78 is 6.09. The number of hydrogen-bond donors (Lipinski definition) is 1. The second-order valence-electron chi connectivity index (χ2n) is 6.47. The summed E-state index contributed by atoms with van der Waals surface area (Å²) >= 11 is 1.76. The highest BCUT2D eigenvalue weighted by atomic mass is 32.1. The van der Waals surface area contributed by atoms with Gasteiger partial charge >= 0.3 is 0 Å². The molecule has 1 N–H and O–H groups in total. The van der Waals surface area contributed by atoms with Gasteiger partial charge in [0.1, 0.15) is 11.9 Å². The summed E-state index contributed by atoms with van der Waals surface area (Å²) in [6, 6.07) is 10.1. The molecule has 0 saturated carbocycles. The molecule has 1 aliphatic rings. The fraction of sp³-hybridized carbons (Fsp3) is 0.500. The standard InChI is InChI=1S/C20H28N4OS/c1-3-21-20(22-12-9-19-23-15-16(2)26-19)24-13-10-18(11-14-24)25-17-7-5-4-6-8-17/h4-8,15,18H,3,9-14H2,1-2H3,(H,21,22). The van der Waals surface area contributed by atoms with Crippen LogP contribution in [0.4, 0.5) is 0 Å². The Hall–Kier alpha value is -2.08. The first kappa shape index (κ1) is 18.7. The number of likely N-dealkylation sites (tertiary alicyclic amines) is 1. The molecule has 1 aliphatic heterocycles. The van der Waals surface area contributed by atoms with Gasteiger partial charge in [-0.15, -0.1) is 11.3 Å². The Labute approximate surface area is 160 Å². The van der Waals surface area contributed by atoms with Crippen molar-refractivity contribution in [3.63, 3.8) is 0 Å². The molecule has 26 heavy (non-hydrogen) atoms. The van der Waals surface area contributed by atoms with Crippen molar-refractivity contribution in [1.29, 1.82) is 0 Å². The minimum atomic E-state index is 0.287. The van der Waals surface area contributed by atoms with E-state index in [1.807, 2.05) is 36.5 Å². The number of piperidine rings is 1. The monoisotopic (exact) mass is 372 g/mol. The molecule has 0 amide bonds. The average Bonchev–Trinajstić information content (AvgIpc) is 3.08. The molecule has 0 bridgehead atoms. The lowest BCUT2D eigenvalue weighted by atomic mass is 10.1. The van der Waals surface area contributed by atoms with E-state index in [0.717, 1.165) is 62.2 Å². The molecule has 1 aromatic heterocycles. The highest BCUT2D eigenvalue weighted by molar-refractivity contribution is 7.11. The topological polar surface area (TPSA) is 49.8 Å². The quantitative estimate of drug-likeness (QED) is 0.623. The Kier molecular flexibility index (Phi) is 6.89. The number of para-hydroxylation sites is 1. The molecule has 0 radical (unpaired) electrons. The lowest BCUT2D eigenvalue weighted by Gasteiger charge is -2.34. The number of guanidine groups is 1. The van der Waals surface area contributed by atoms with Gasteiger partial charge in [0.05, 0.1) is 5.01 Å². The largest absolute Gasteiger partial charge is 0.490 e. The number of thiazole rings is 1. The van der Waals surface area contributed by atoms with Crippen molar-refractivity contribution < 1.29 is 4.74 Å². The molecule has 0 aliphatic carbocycles. The number of benzene rings is 1. The van der Waals surface area contributed by atoms with Gasteiger partial charge in [-0.3, -0.25) is 4.99 Å². The van der Waals surface area contributed by atoms with E-state index in [-0.39, 0.29) is 6.10 Å². The Morgan fingerprint density at radius 3 is 2.73 bits per heavy atom. The van der Waals surface area contributed by atoms with Gasteiger partial charge in [-0.1, -0.05) is 18.2 Å². The molecular weight excluding hydrogens is 344 g/mol. The van der Waals surface area contributed by atoms with E-state index >= 15 is 0 Å². The van der Waals surface area contributed by atoms with Crippen molar-refractivity contribution in [3.8, 4) is 5.75 Å². The van der Waals surface area contributed by atoms with Crippen molar-refractivity contribution in [2.45, 2.75) is 39.2 Å². The van der Waals surface area contributed by atoms with E-state index in [2.05, 4.69) is 29.0 Å². The second kappa shape index (κ2) is 9.57. The van der Waals surface area contributed by atoms with Gasteiger partial charge < -0.3 is 15.0 Å². The van der Waals surface area contributed by atoms with E-state index in [0.29, 0.717) is 0 Å². The zero-order chi connectivity index (χ0) is 18.2. The van der Waals surface area contributed by atoms with E-state index in [1.165, 1.54) is 4.88 Å². The van der Waals surface area contributed by atoms with Crippen LogP contribution in [0.5, 0.6) is 5.75 Å². The molecule has 1 aromatic carbocycles. The van der Waals surface area contributed by atoms with Crippen LogP contribution in [-0.4, -0.2) is 48.1 Å². The van der Waals surface area contributed by atoms with Gasteiger partial charge in [0, 0.05) is 56.5 Å². The predicted molar refractivity (Wildman–Crippen MR) is 108 cm³/mol. The van der Waals surface area contributed by atoms with Crippen LogP contribution >= 0.6 is 11.3 Å². The van der Waals surface area contributed by atoms with Gasteiger partial charge in [0.15, 0.2) is 5.96 Å².